The highest BCUT2D eigenvalue weighted by Gasteiger charge is 2.07. The van der Waals surface area contributed by atoms with Gasteiger partial charge in [-0.25, -0.2) is 4.79 Å². The topological polar surface area (TPSA) is 37.3 Å². The first-order valence-electron chi connectivity index (χ1n) is 3.62. The Morgan fingerprint density at radius 1 is 1.38 bits per heavy atom. The predicted octanol–water partition coefficient (Wildman–Crippen LogP) is 3.17. The van der Waals surface area contributed by atoms with E-state index < -0.39 is 5.97 Å². The monoisotopic (exact) mass is 210 g/mol. The lowest BCUT2D eigenvalue weighted by Gasteiger charge is -1.87. The highest BCUT2D eigenvalue weighted by Crippen LogP contribution is 2.28. The molecular formula is C9H6O2S2. The van der Waals surface area contributed by atoms with Crippen LogP contribution in [0.5, 0.6) is 0 Å². The number of rotatable bonds is 2. The molecule has 0 fully saturated rings. The van der Waals surface area contributed by atoms with E-state index in [0.29, 0.717) is 5.56 Å². The van der Waals surface area contributed by atoms with E-state index in [1.165, 1.54) is 11.3 Å². The lowest BCUT2D eigenvalue weighted by atomic mass is 10.2. The Labute approximate surface area is 83.1 Å². The zero-order valence-electron chi connectivity index (χ0n) is 6.56. The van der Waals surface area contributed by atoms with Crippen molar-refractivity contribution in [1.82, 2.24) is 0 Å². The van der Waals surface area contributed by atoms with Crippen molar-refractivity contribution >= 4 is 28.6 Å². The molecule has 2 aromatic heterocycles. The Kier molecular flexibility index (Phi) is 2.16. The van der Waals surface area contributed by atoms with E-state index in [2.05, 4.69) is 0 Å². The highest BCUT2D eigenvalue weighted by molar-refractivity contribution is 7.14. The number of carbonyl (C=O) groups is 1. The number of aromatic carboxylic acids is 1. The van der Waals surface area contributed by atoms with Gasteiger partial charge in [-0.05, 0) is 22.9 Å². The van der Waals surface area contributed by atoms with Crippen LogP contribution in [0.15, 0.2) is 28.3 Å². The van der Waals surface area contributed by atoms with Crippen LogP contribution in [0.2, 0.25) is 0 Å². The van der Waals surface area contributed by atoms with Crippen LogP contribution in [-0.2, 0) is 0 Å². The second kappa shape index (κ2) is 3.32. The molecule has 0 saturated carbocycles. The lowest BCUT2D eigenvalue weighted by Crippen LogP contribution is -1.91. The zero-order valence-corrected chi connectivity index (χ0v) is 8.19. The minimum absolute atomic E-state index is 0.367. The number of hydrogen-bond donors (Lipinski definition) is 1. The third-order valence-electron chi connectivity index (χ3n) is 1.65. The van der Waals surface area contributed by atoms with Crippen LogP contribution < -0.4 is 0 Å². The number of carboxylic acids is 1. The molecule has 0 unspecified atom stereocenters. The van der Waals surface area contributed by atoms with Gasteiger partial charge in [-0.3, -0.25) is 0 Å². The van der Waals surface area contributed by atoms with Crippen molar-refractivity contribution in [3.8, 4) is 10.4 Å². The summed E-state index contributed by atoms with van der Waals surface area (Å²) >= 11 is 3.07. The molecule has 66 valence electrons. The molecule has 0 aliphatic heterocycles. The van der Waals surface area contributed by atoms with Crippen LogP contribution in [0.1, 0.15) is 10.4 Å². The minimum atomic E-state index is -0.863. The molecule has 0 saturated heterocycles. The first kappa shape index (κ1) is 8.47. The molecule has 13 heavy (non-hydrogen) atoms. The van der Waals surface area contributed by atoms with Crippen LogP contribution in [0, 0.1) is 0 Å². The summed E-state index contributed by atoms with van der Waals surface area (Å²) in [5.74, 6) is -0.863. The van der Waals surface area contributed by atoms with Gasteiger partial charge in [0.15, 0.2) is 0 Å². The van der Waals surface area contributed by atoms with Gasteiger partial charge in [0.2, 0.25) is 0 Å². The lowest BCUT2D eigenvalue weighted by molar-refractivity contribution is 0.0697. The second-order valence-corrected chi connectivity index (χ2v) is 4.21. The Morgan fingerprint density at radius 3 is 2.77 bits per heavy atom. The van der Waals surface area contributed by atoms with E-state index in [9.17, 15) is 4.79 Å². The molecule has 2 aromatic rings. The summed E-state index contributed by atoms with van der Waals surface area (Å²) in [6.45, 7) is 0. The molecule has 0 bridgehead atoms. The smallest absolute Gasteiger partial charge is 0.336 e. The quantitative estimate of drug-likeness (QED) is 0.826. The molecule has 2 heterocycles. The van der Waals surface area contributed by atoms with Crippen molar-refractivity contribution in [3.63, 3.8) is 0 Å². The van der Waals surface area contributed by atoms with Crippen LogP contribution in [0.4, 0.5) is 0 Å². The number of thiophene rings is 2. The van der Waals surface area contributed by atoms with Gasteiger partial charge in [0, 0.05) is 15.8 Å². The van der Waals surface area contributed by atoms with Crippen LogP contribution >= 0.6 is 22.7 Å². The third-order valence-corrected chi connectivity index (χ3v) is 3.31. The van der Waals surface area contributed by atoms with Crippen molar-refractivity contribution in [2.24, 2.45) is 0 Å². The predicted molar refractivity (Wildman–Crippen MR) is 54.6 cm³/mol. The van der Waals surface area contributed by atoms with E-state index in [-0.39, 0.29) is 0 Å². The Bertz CT molecular complexity index is 415. The van der Waals surface area contributed by atoms with Gasteiger partial charge in [0.05, 0.1) is 5.56 Å². The minimum Gasteiger partial charge on any atom is -0.478 e. The molecule has 0 aliphatic rings. The van der Waals surface area contributed by atoms with E-state index in [1.54, 1.807) is 22.8 Å². The maximum absolute atomic E-state index is 10.6. The largest absolute Gasteiger partial charge is 0.478 e. The van der Waals surface area contributed by atoms with E-state index in [4.69, 9.17) is 5.11 Å². The second-order valence-electron chi connectivity index (χ2n) is 2.52. The van der Waals surface area contributed by atoms with Gasteiger partial charge < -0.3 is 5.11 Å². The molecular weight excluding hydrogens is 204 g/mol. The number of carboxylic acid groups (broad SMARTS) is 1. The molecule has 4 heteroatoms. The van der Waals surface area contributed by atoms with Crippen molar-refractivity contribution in [1.29, 1.82) is 0 Å². The van der Waals surface area contributed by atoms with Crippen molar-refractivity contribution in [2.75, 3.05) is 0 Å². The summed E-state index contributed by atoms with van der Waals surface area (Å²) in [7, 11) is 0. The van der Waals surface area contributed by atoms with Crippen LogP contribution in [0.25, 0.3) is 10.4 Å². The molecule has 0 radical (unpaired) electrons. The maximum Gasteiger partial charge on any atom is 0.336 e. The summed E-state index contributed by atoms with van der Waals surface area (Å²) in [6, 6.07) is 3.69. The molecule has 0 amide bonds. The fourth-order valence-corrected chi connectivity index (χ4v) is 2.62. The van der Waals surface area contributed by atoms with Gasteiger partial charge in [-0.2, -0.15) is 11.3 Å². The van der Waals surface area contributed by atoms with Gasteiger partial charge in [0.25, 0.3) is 0 Å². The van der Waals surface area contributed by atoms with Gasteiger partial charge in [-0.1, -0.05) is 0 Å². The summed E-state index contributed by atoms with van der Waals surface area (Å²) in [5.41, 5.74) is 1.47. The van der Waals surface area contributed by atoms with Gasteiger partial charge >= 0.3 is 5.97 Å². The van der Waals surface area contributed by atoms with E-state index in [0.717, 1.165) is 10.4 Å². The van der Waals surface area contributed by atoms with Gasteiger partial charge in [-0.15, -0.1) is 11.3 Å². The Hall–Kier alpha value is -1.13. The number of hydrogen-bond acceptors (Lipinski definition) is 3. The Balaban J connectivity index is 2.39. The molecule has 0 aliphatic carbocycles. The fraction of sp³-hybridized carbons (Fsp3) is 0. The summed E-state index contributed by atoms with van der Waals surface area (Å²) < 4.78 is 0. The normalized spacial score (nSPS) is 10.2. The zero-order chi connectivity index (χ0) is 9.26. The standard InChI is InChI=1S/C9H6O2S2/c10-9(11)7-3-8(13-5-7)6-1-2-12-4-6/h1-5H,(H,10,11). The van der Waals surface area contributed by atoms with Crippen molar-refractivity contribution in [2.45, 2.75) is 0 Å². The molecule has 2 nitrogen and oxygen atoms in total. The summed E-state index contributed by atoms with van der Waals surface area (Å²) in [6.07, 6.45) is 0. The molecule has 0 spiro atoms. The van der Waals surface area contributed by atoms with Gasteiger partial charge in [0.1, 0.15) is 0 Å². The van der Waals surface area contributed by atoms with Crippen LogP contribution in [-0.4, -0.2) is 11.1 Å². The first-order chi connectivity index (χ1) is 6.27. The molecule has 0 aromatic carbocycles. The highest BCUT2D eigenvalue weighted by atomic mass is 32.1. The van der Waals surface area contributed by atoms with Crippen molar-refractivity contribution in [3.05, 3.63) is 33.8 Å². The average Bonchev–Trinajstić information content (AvgIpc) is 2.75. The van der Waals surface area contributed by atoms with Crippen LogP contribution in [0.3, 0.4) is 0 Å². The molecule has 2 rings (SSSR count). The Morgan fingerprint density at radius 2 is 2.23 bits per heavy atom. The fourth-order valence-electron chi connectivity index (χ4n) is 1.00. The summed E-state index contributed by atoms with van der Waals surface area (Å²) in [4.78, 5) is 11.6. The maximum atomic E-state index is 10.6. The third kappa shape index (κ3) is 1.64. The molecule has 1 N–H and O–H groups in total. The average molecular weight is 210 g/mol. The summed E-state index contributed by atoms with van der Waals surface area (Å²) in [5, 5.41) is 14.4. The molecule has 0 atom stereocenters. The first-order valence-corrected chi connectivity index (χ1v) is 5.44. The van der Waals surface area contributed by atoms with E-state index in [1.807, 2.05) is 16.8 Å². The SMILES string of the molecule is O=C(O)c1csc(-c2ccsc2)c1. The van der Waals surface area contributed by atoms with E-state index >= 15 is 0 Å². The van der Waals surface area contributed by atoms with Crippen molar-refractivity contribution < 1.29 is 9.90 Å².